The van der Waals surface area contributed by atoms with E-state index in [0.717, 1.165) is 37.6 Å². The number of benzene rings is 1. The standard InChI is InChI=1S/C18H24BNO3/c1-23-15-6-13(19)2-3-14(15)17(21)20-16-11-4-10-5-12(16)9-18(22,7-10)8-11/h2-3,6,10-12,16,22H,4-5,7-9,19H2,1H3,(H,20,21)/t10?,11?,12?,16-,18-. The second kappa shape index (κ2) is 5.27. The molecule has 4 aliphatic carbocycles. The molecule has 2 N–H and O–H groups in total. The van der Waals surface area contributed by atoms with Gasteiger partial charge in [0.2, 0.25) is 0 Å². The van der Waals surface area contributed by atoms with Gasteiger partial charge in [0.05, 0.1) is 18.3 Å². The van der Waals surface area contributed by atoms with Crippen LogP contribution in [0.1, 0.15) is 42.5 Å². The first-order chi connectivity index (χ1) is 11.0. The summed E-state index contributed by atoms with van der Waals surface area (Å²) >= 11 is 0. The molecule has 2 atom stereocenters. The van der Waals surface area contributed by atoms with Crippen molar-refractivity contribution >= 4 is 19.2 Å². The summed E-state index contributed by atoms with van der Waals surface area (Å²) in [6.45, 7) is 0. The number of carbonyl (C=O) groups is 1. The SMILES string of the molecule is Bc1ccc(C(=O)N[C@H]2C3CC4CC2C[C@](O)(C4)C3)c(OC)c1. The van der Waals surface area contributed by atoms with Gasteiger partial charge >= 0.3 is 0 Å². The first-order valence-corrected chi connectivity index (χ1v) is 8.65. The van der Waals surface area contributed by atoms with Gasteiger partial charge in [-0.1, -0.05) is 11.5 Å². The number of ether oxygens (including phenoxy) is 1. The lowest BCUT2D eigenvalue weighted by molar-refractivity contribution is -0.136. The molecule has 4 nitrogen and oxygen atoms in total. The van der Waals surface area contributed by atoms with Crippen LogP contribution in [0.2, 0.25) is 0 Å². The van der Waals surface area contributed by atoms with Gasteiger partial charge in [-0.15, -0.1) is 0 Å². The van der Waals surface area contributed by atoms with Crippen LogP contribution in [0.25, 0.3) is 0 Å². The Kier molecular flexibility index (Phi) is 3.45. The van der Waals surface area contributed by atoms with Crippen molar-refractivity contribution in [3.63, 3.8) is 0 Å². The quantitative estimate of drug-likeness (QED) is 0.805. The minimum atomic E-state index is -0.459. The fraction of sp³-hybridized carbons (Fsp3) is 0.611. The van der Waals surface area contributed by atoms with Crippen molar-refractivity contribution in [3.05, 3.63) is 23.8 Å². The Labute approximate surface area is 138 Å². The number of nitrogens with one attached hydrogen (secondary N) is 1. The van der Waals surface area contributed by atoms with Crippen molar-refractivity contribution in [2.24, 2.45) is 17.8 Å². The van der Waals surface area contributed by atoms with Crippen molar-refractivity contribution < 1.29 is 14.6 Å². The van der Waals surface area contributed by atoms with Crippen LogP contribution in [0.15, 0.2) is 18.2 Å². The van der Waals surface area contributed by atoms with Crippen molar-refractivity contribution in [1.82, 2.24) is 5.32 Å². The van der Waals surface area contributed by atoms with E-state index in [0.29, 0.717) is 29.1 Å². The molecule has 0 heterocycles. The second-order valence-corrected chi connectivity index (χ2v) is 7.90. The Balaban J connectivity index is 1.54. The van der Waals surface area contributed by atoms with Gasteiger partial charge in [0, 0.05) is 6.04 Å². The highest BCUT2D eigenvalue weighted by Crippen LogP contribution is 2.55. The molecule has 0 saturated heterocycles. The molecule has 5 heteroatoms. The van der Waals surface area contributed by atoms with Crippen LogP contribution < -0.4 is 15.5 Å². The third-order valence-corrected chi connectivity index (χ3v) is 6.14. The average Bonchev–Trinajstić information content (AvgIpc) is 2.48. The van der Waals surface area contributed by atoms with E-state index in [-0.39, 0.29) is 11.9 Å². The predicted octanol–water partition coefficient (Wildman–Crippen LogP) is 0.623. The summed E-state index contributed by atoms with van der Waals surface area (Å²) in [6.07, 6.45) is 4.95. The van der Waals surface area contributed by atoms with E-state index in [4.69, 9.17) is 4.74 Å². The van der Waals surface area contributed by atoms with Crippen LogP contribution in [0.4, 0.5) is 0 Å². The highest BCUT2D eigenvalue weighted by atomic mass is 16.5. The lowest BCUT2D eigenvalue weighted by Gasteiger charge is -2.58. The molecule has 1 aromatic carbocycles. The summed E-state index contributed by atoms with van der Waals surface area (Å²) in [5.41, 5.74) is 1.22. The van der Waals surface area contributed by atoms with Crippen LogP contribution in [0.3, 0.4) is 0 Å². The summed E-state index contributed by atoms with van der Waals surface area (Å²) in [5.74, 6) is 2.08. The number of methoxy groups -OCH3 is 1. The molecule has 122 valence electrons. The summed E-state index contributed by atoms with van der Waals surface area (Å²) in [4.78, 5) is 12.8. The Bertz CT molecular complexity index is 631. The maximum Gasteiger partial charge on any atom is 0.255 e. The maximum atomic E-state index is 12.8. The monoisotopic (exact) mass is 313 g/mol. The van der Waals surface area contributed by atoms with Crippen molar-refractivity contribution in [3.8, 4) is 5.75 Å². The molecule has 0 spiro atoms. The zero-order valence-electron chi connectivity index (χ0n) is 13.8. The molecule has 4 saturated carbocycles. The number of hydrogen-bond donors (Lipinski definition) is 2. The van der Waals surface area contributed by atoms with Gasteiger partial charge in [-0.05, 0) is 62.0 Å². The fourth-order valence-corrected chi connectivity index (χ4v) is 5.43. The highest BCUT2D eigenvalue weighted by molar-refractivity contribution is 6.32. The van der Waals surface area contributed by atoms with Crippen LogP contribution in [-0.2, 0) is 0 Å². The third-order valence-electron chi connectivity index (χ3n) is 6.14. The molecule has 1 amide bonds. The Morgan fingerprint density at radius 1 is 1.30 bits per heavy atom. The second-order valence-electron chi connectivity index (χ2n) is 7.90. The summed E-state index contributed by atoms with van der Waals surface area (Å²) in [5, 5.41) is 13.9. The first-order valence-electron chi connectivity index (χ1n) is 8.65. The molecular weight excluding hydrogens is 289 g/mol. The molecule has 0 aliphatic heterocycles. The molecule has 23 heavy (non-hydrogen) atoms. The van der Waals surface area contributed by atoms with Gasteiger partial charge in [-0.25, -0.2) is 0 Å². The molecule has 0 aromatic heterocycles. The largest absolute Gasteiger partial charge is 0.496 e. The minimum absolute atomic E-state index is 0.0497. The van der Waals surface area contributed by atoms with Gasteiger partial charge in [-0.3, -0.25) is 4.79 Å². The Morgan fingerprint density at radius 2 is 2.00 bits per heavy atom. The summed E-state index contributed by atoms with van der Waals surface area (Å²) in [7, 11) is 3.59. The Morgan fingerprint density at radius 3 is 2.61 bits per heavy atom. The van der Waals surface area contributed by atoms with E-state index in [1.807, 2.05) is 26.0 Å². The van der Waals surface area contributed by atoms with Gasteiger partial charge in [0.1, 0.15) is 13.6 Å². The van der Waals surface area contributed by atoms with Crippen molar-refractivity contribution in [1.29, 1.82) is 0 Å². The van der Waals surface area contributed by atoms with Crippen LogP contribution in [-0.4, -0.2) is 37.6 Å². The topological polar surface area (TPSA) is 58.6 Å². The molecule has 1 aromatic rings. The molecule has 0 radical (unpaired) electrons. The fourth-order valence-electron chi connectivity index (χ4n) is 5.43. The van der Waals surface area contributed by atoms with E-state index in [1.54, 1.807) is 7.11 Å². The summed E-state index contributed by atoms with van der Waals surface area (Å²) < 4.78 is 5.37. The normalized spacial score (nSPS) is 37.7. The van der Waals surface area contributed by atoms with Crippen LogP contribution >= 0.6 is 0 Å². The summed E-state index contributed by atoms with van der Waals surface area (Å²) in [6, 6.07) is 5.88. The number of rotatable bonds is 3. The Hall–Kier alpha value is -1.49. The van der Waals surface area contributed by atoms with Crippen LogP contribution in [0.5, 0.6) is 5.75 Å². The van der Waals surface area contributed by atoms with E-state index in [1.165, 1.54) is 0 Å². The minimum Gasteiger partial charge on any atom is -0.496 e. The molecule has 4 fully saturated rings. The highest BCUT2D eigenvalue weighted by Gasteiger charge is 2.55. The molecule has 2 unspecified atom stereocenters. The number of amides is 1. The molecule has 4 aliphatic rings. The van der Waals surface area contributed by atoms with Gasteiger partial charge in [0.25, 0.3) is 5.91 Å². The smallest absolute Gasteiger partial charge is 0.255 e. The average molecular weight is 313 g/mol. The maximum absolute atomic E-state index is 12.8. The molecule has 5 rings (SSSR count). The van der Waals surface area contributed by atoms with Gasteiger partial charge < -0.3 is 15.2 Å². The van der Waals surface area contributed by atoms with E-state index >= 15 is 0 Å². The van der Waals surface area contributed by atoms with Crippen molar-refractivity contribution in [2.45, 2.75) is 43.7 Å². The van der Waals surface area contributed by atoms with Gasteiger partial charge in [-0.2, -0.15) is 0 Å². The first kappa shape index (κ1) is 15.1. The van der Waals surface area contributed by atoms with E-state index < -0.39 is 5.60 Å². The van der Waals surface area contributed by atoms with Gasteiger partial charge in [0.15, 0.2) is 0 Å². The number of carbonyl (C=O) groups excluding carboxylic acids is 1. The zero-order chi connectivity index (χ0) is 16.2. The van der Waals surface area contributed by atoms with Crippen molar-refractivity contribution in [2.75, 3.05) is 7.11 Å². The van der Waals surface area contributed by atoms with E-state index in [2.05, 4.69) is 5.32 Å². The lowest BCUT2D eigenvalue weighted by Crippen LogP contribution is -2.61. The lowest BCUT2D eigenvalue weighted by atomic mass is 9.52. The molecular formula is C18H24BNO3. The van der Waals surface area contributed by atoms with Crippen LogP contribution in [0, 0.1) is 17.8 Å². The number of aliphatic hydroxyl groups is 1. The van der Waals surface area contributed by atoms with E-state index in [9.17, 15) is 9.90 Å². The predicted molar refractivity (Wildman–Crippen MR) is 90.9 cm³/mol. The third kappa shape index (κ3) is 2.55. The molecule has 4 bridgehead atoms. The zero-order valence-corrected chi connectivity index (χ0v) is 13.8. The number of hydrogen-bond acceptors (Lipinski definition) is 3.